The van der Waals surface area contributed by atoms with Crippen molar-refractivity contribution < 1.29 is 14.0 Å². The zero-order valence-corrected chi connectivity index (χ0v) is 12.6. The van der Waals surface area contributed by atoms with Gasteiger partial charge in [0, 0.05) is 37.7 Å². The van der Waals surface area contributed by atoms with Crippen LogP contribution < -0.4 is 4.90 Å². The second-order valence-corrected chi connectivity index (χ2v) is 6.33. The summed E-state index contributed by atoms with van der Waals surface area (Å²) >= 11 is 0. The van der Waals surface area contributed by atoms with Crippen molar-refractivity contribution in [3.05, 3.63) is 48.6 Å². The van der Waals surface area contributed by atoms with Crippen LogP contribution in [0.1, 0.15) is 23.2 Å². The van der Waals surface area contributed by atoms with E-state index in [0.717, 1.165) is 6.42 Å². The van der Waals surface area contributed by atoms with Gasteiger partial charge in [0.2, 0.25) is 5.91 Å². The molecule has 2 amide bonds. The Morgan fingerprint density at radius 3 is 2.91 bits per heavy atom. The summed E-state index contributed by atoms with van der Waals surface area (Å²) in [6, 6.07) is 7.23. The van der Waals surface area contributed by atoms with Gasteiger partial charge in [-0.05, 0) is 24.6 Å². The van der Waals surface area contributed by atoms with E-state index in [1.807, 2.05) is 23.1 Å². The van der Waals surface area contributed by atoms with Gasteiger partial charge in [0.05, 0.1) is 11.8 Å². The molecule has 2 aromatic heterocycles. The molecular formula is C17H17N3O3. The second-order valence-electron chi connectivity index (χ2n) is 6.33. The highest BCUT2D eigenvalue weighted by Crippen LogP contribution is 2.41. The van der Waals surface area contributed by atoms with Gasteiger partial charge in [0.1, 0.15) is 12.1 Å². The van der Waals surface area contributed by atoms with Crippen LogP contribution in [0.2, 0.25) is 0 Å². The Labute approximate surface area is 133 Å². The molecule has 4 heterocycles. The Morgan fingerprint density at radius 1 is 1.26 bits per heavy atom. The van der Waals surface area contributed by atoms with Gasteiger partial charge in [-0.15, -0.1) is 0 Å². The third kappa shape index (κ3) is 2.40. The summed E-state index contributed by atoms with van der Waals surface area (Å²) in [6.07, 6.45) is 5.97. The highest BCUT2D eigenvalue weighted by molar-refractivity contribution is 5.96. The molecule has 1 atom stereocenters. The SMILES string of the molecule is O=C(c1ccoc1)N1CCC2(CC(=O)N(c3ccccn3)C2)C1. The first-order valence-electron chi connectivity index (χ1n) is 7.70. The number of nitrogens with zero attached hydrogens (tertiary/aromatic N) is 3. The molecule has 0 aliphatic carbocycles. The lowest BCUT2D eigenvalue weighted by Crippen LogP contribution is -2.34. The third-order valence-electron chi connectivity index (χ3n) is 4.74. The number of carbonyl (C=O) groups is 2. The van der Waals surface area contributed by atoms with Gasteiger partial charge in [-0.1, -0.05) is 6.07 Å². The number of hydrogen-bond acceptors (Lipinski definition) is 4. The van der Waals surface area contributed by atoms with E-state index < -0.39 is 0 Å². The van der Waals surface area contributed by atoms with Crippen LogP contribution in [-0.4, -0.2) is 41.3 Å². The summed E-state index contributed by atoms with van der Waals surface area (Å²) in [7, 11) is 0. The largest absolute Gasteiger partial charge is 0.472 e. The zero-order valence-electron chi connectivity index (χ0n) is 12.6. The van der Waals surface area contributed by atoms with Crippen molar-refractivity contribution in [2.45, 2.75) is 12.8 Å². The Bertz CT molecular complexity index is 729. The molecule has 2 fully saturated rings. The zero-order chi connectivity index (χ0) is 15.9. The van der Waals surface area contributed by atoms with Gasteiger partial charge in [-0.3, -0.25) is 14.5 Å². The molecule has 1 unspecified atom stereocenters. The lowest BCUT2D eigenvalue weighted by molar-refractivity contribution is -0.117. The molecule has 2 aliphatic rings. The van der Waals surface area contributed by atoms with Gasteiger partial charge >= 0.3 is 0 Å². The summed E-state index contributed by atoms with van der Waals surface area (Å²) in [6.45, 7) is 1.90. The minimum absolute atomic E-state index is 0.0284. The fourth-order valence-corrected chi connectivity index (χ4v) is 3.57. The molecule has 6 heteroatoms. The predicted molar refractivity (Wildman–Crippen MR) is 82.9 cm³/mol. The van der Waals surface area contributed by atoms with Crippen molar-refractivity contribution in [2.75, 3.05) is 24.5 Å². The maximum absolute atomic E-state index is 12.4. The van der Waals surface area contributed by atoms with Gasteiger partial charge in [0.15, 0.2) is 0 Å². The molecule has 6 nitrogen and oxygen atoms in total. The van der Waals surface area contributed by atoms with Crippen LogP contribution in [0.4, 0.5) is 5.82 Å². The maximum Gasteiger partial charge on any atom is 0.257 e. The number of carbonyl (C=O) groups excluding carboxylic acids is 2. The molecule has 2 aliphatic heterocycles. The summed E-state index contributed by atoms with van der Waals surface area (Å²) < 4.78 is 4.99. The lowest BCUT2D eigenvalue weighted by atomic mass is 9.86. The normalized spacial score (nSPS) is 23.9. The Kier molecular flexibility index (Phi) is 3.18. The first-order chi connectivity index (χ1) is 11.2. The smallest absolute Gasteiger partial charge is 0.257 e. The van der Waals surface area contributed by atoms with Crippen molar-refractivity contribution in [2.24, 2.45) is 5.41 Å². The highest BCUT2D eigenvalue weighted by Gasteiger charge is 2.49. The van der Waals surface area contributed by atoms with Crippen LogP contribution >= 0.6 is 0 Å². The Morgan fingerprint density at radius 2 is 2.17 bits per heavy atom. The van der Waals surface area contributed by atoms with E-state index in [2.05, 4.69) is 4.98 Å². The standard InChI is InChI=1S/C17H17N3O3/c21-15-9-17(12-20(15)14-3-1-2-6-18-14)5-7-19(11-17)16(22)13-4-8-23-10-13/h1-4,6,8,10H,5,7,9,11-12H2. The molecule has 2 saturated heterocycles. The van der Waals surface area contributed by atoms with Gasteiger partial charge in [0.25, 0.3) is 5.91 Å². The summed E-state index contributed by atoms with van der Waals surface area (Å²) in [5, 5.41) is 0. The van der Waals surface area contributed by atoms with Crippen molar-refractivity contribution >= 4 is 17.6 Å². The Hall–Kier alpha value is -2.63. The molecular weight excluding hydrogens is 294 g/mol. The number of rotatable bonds is 2. The van der Waals surface area contributed by atoms with E-state index in [-0.39, 0.29) is 17.2 Å². The molecule has 0 saturated carbocycles. The average Bonchev–Trinajstić information content (AvgIpc) is 3.29. The second kappa shape index (κ2) is 5.22. The molecule has 2 aromatic rings. The molecule has 118 valence electrons. The number of pyridine rings is 1. The fourth-order valence-electron chi connectivity index (χ4n) is 3.57. The molecule has 4 rings (SSSR count). The predicted octanol–water partition coefficient (Wildman–Crippen LogP) is 1.94. The van der Waals surface area contributed by atoms with Crippen molar-refractivity contribution in [1.29, 1.82) is 0 Å². The van der Waals surface area contributed by atoms with E-state index in [0.29, 0.717) is 37.4 Å². The van der Waals surface area contributed by atoms with Crippen LogP contribution in [0.15, 0.2) is 47.4 Å². The lowest BCUT2D eigenvalue weighted by Gasteiger charge is -2.23. The number of hydrogen-bond donors (Lipinski definition) is 0. The van der Waals surface area contributed by atoms with E-state index in [1.54, 1.807) is 17.2 Å². The summed E-state index contributed by atoms with van der Waals surface area (Å²) in [5.41, 5.74) is 0.404. The minimum Gasteiger partial charge on any atom is -0.472 e. The highest BCUT2D eigenvalue weighted by atomic mass is 16.3. The fraction of sp³-hybridized carbons (Fsp3) is 0.353. The molecule has 0 aromatic carbocycles. The number of anilines is 1. The summed E-state index contributed by atoms with van der Waals surface area (Å²) in [5.74, 6) is 0.745. The first-order valence-corrected chi connectivity index (χ1v) is 7.70. The van der Waals surface area contributed by atoms with E-state index in [1.165, 1.54) is 12.5 Å². The molecule has 0 bridgehead atoms. The third-order valence-corrected chi connectivity index (χ3v) is 4.74. The number of furan rings is 1. The van der Waals surface area contributed by atoms with Crippen LogP contribution in [0.3, 0.4) is 0 Å². The molecule has 0 N–H and O–H groups in total. The van der Waals surface area contributed by atoms with Gasteiger partial charge < -0.3 is 9.32 Å². The first kappa shape index (κ1) is 14.0. The Balaban J connectivity index is 1.51. The maximum atomic E-state index is 12.4. The van der Waals surface area contributed by atoms with E-state index in [4.69, 9.17) is 4.42 Å². The number of likely N-dealkylation sites (tertiary alicyclic amines) is 1. The van der Waals surface area contributed by atoms with Crippen molar-refractivity contribution in [3.63, 3.8) is 0 Å². The van der Waals surface area contributed by atoms with E-state index >= 15 is 0 Å². The average molecular weight is 311 g/mol. The quantitative estimate of drug-likeness (QED) is 0.850. The molecule has 0 radical (unpaired) electrons. The van der Waals surface area contributed by atoms with Crippen LogP contribution in [0, 0.1) is 5.41 Å². The van der Waals surface area contributed by atoms with Gasteiger partial charge in [-0.25, -0.2) is 4.98 Å². The van der Waals surface area contributed by atoms with Crippen LogP contribution in [0.25, 0.3) is 0 Å². The minimum atomic E-state index is -0.159. The van der Waals surface area contributed by atoms with Gasteiger partial charge in [-0.2, -0.15) is 0 Å². The monoisotopic (exact) mass is 311 g/mol. The topological polar surface area (TPSA) is 66.7 Å². The van der Waals surface area contributed by atoms with E-state index in [9.17, 15) is 9.59 Å². The number of amides is 2. The number of aromatic nitrogens is 1. The molecule has 1 spiro atoms. The van der Waals surface area contributed by atoms with Crippen molar-refractivity contribution in [3.8, 4) is 0 Å². The molecule has 23 heavy (non-hydrogen) atoms. The summed E-state index contributed by atoms with van der Waals surface area (Å²) in [4.78, 5) is 32.7. The van der Waals surface area contributed by atoms with Crippen molar-refractivity contribution in [1.82, 2.24) is 9.88 Å². The van der Waals surface area contributed by atoms with Crippen LogP contribution in [0.5, 0.6) is 0 Å². The van der Waals surface area contributed by atoms with Crippen LogP contribution in [-0.2, 0) is 4.79 Å².